The topological polar surface area (TPSA) is 92.5 Å². The summed E-state index contributed by atoms with van der Waals surface area (Å²) in [5.74, 6) is 1.92. The smallest absolute Gasteiger partial charge is 0.230 e. The first-order valence-corrected chi connectivity index (χ1v) is 11.7. The molecular weight excluding hydrogens is 430 g/mol. The van der Waals surface area contributed by atoms with Gasteiger partial charge in [-0.1, -0.05) is 50.2 Å². The van der Waals surface area contributed by atoms with Crippen molar-refractivity contribution in [1.29, 1.82) is 0 Å². The van der Waals surface area contributed by atoms with Crippen LogP contribution in [-0.4, -0.2) is 60.3 Å². The van der Waals surface area contributed by atoms with Gasteiger partial charge in [0.15, 0.2) is 5.82 Å². The van der Waals surface area contributed by atoms with Gasteiger partial charge in [-0.2, -0.15) is 0 Å². The number of aromatic nitrogens is 2. The molecule has 0 atom stereocenters. The second kappa shape index (κ2) is 10.8. The summed E-state index contributed by atoms with van der Waals surface area (Å²) in [5, 5.41) is 10.1. The third kappa shape index (κ3) is 6.65. The lowest BCUT2D eigenvalue weighted by atomic mass is 9.93. The number of morpholine rings is 1. The lowest BCUT2D eigenvalue weighted by molar-refractivity contribution is -0.115. The molecule has 4 rings (SSSR count). The molecule has 1 saturated heterocycles. The first-order chi connectivity index (χ1) is 16.4. The predicted molar refractivity (Wildman–Crippen MR) is 133 cm³/mol. The van der Waals surface area contributed by atoms with Crippen molar-refractivity contribution in [1.82, 2.24) is 15.0 Å². The van der Waals surface area contributed by atoms with Crippen molar-refractivity contribution in [2.45, 2.75) is 32.6 Å². The Labute approximate surface area is 200 Å². The molecule has 8 heteroatoms. The number of hydrogen-bond donors (Lipinski definition) is 2. The first kappa shape index (κ1) is 23.9. The zero-order valence-electron chi connectivity index (χ0n) is 20.1. The molecule has 8 nitrogen and oxygen atoms in total. The Hall–Kier alpha value is -3.23. The van der Waals surface area contributed by atoms with Crippen LogP contribution in [0.15, 0.2) is 53.2 Å². The number of rotatable bonds is 8. The number of nitrogens with zero attached hydrogens (tertiary/aromatic N) is 3. The number of carbonyl (C=O) groups is 1. The summed E-state index contributed by atoms with van der Waals surface area (Å²) in [7, 11) is 0. The van der Waals surface area contributed by atoms with Crippen LogP contribution in [0.5, 0.6) is 0 Å². The molecule has 0 radical (unpaired) electrons. The van der Waals surface area contributed by atoms with E-state index in [0.29, 0.717) is 5.82 Å². The van der Waals surface area contributed by atoms with Crippen LogP contribution < -0.4 is 10.6 Å². The highest BCUT2D eigenvalue weighted by Crippen LogP contribution is 2.24. The van der Waals surface area contributed by atoms with E-state index < -0.39 is 0 Å². The Bertz CT molecular complexity index is 1070. The molecule has 1 aliphatic rings. The van der Waals surface area contributed by atoms with Crippen LogP contribution >= 0.6 is 0 Å². The van der Waals surface area contributed by atoms with Crippen LogP contribution in [0.3, 0.4) is 0 Å². The number of amides is 1. The number of hydrogen-bond acceptors (Lipinski definition) is 7. The highest BCUT2D eigenvalue weighted by atomic mass is 16.5. The second-order valence-corrected chi connectivity index (χ2v) is 9.56. The van der Waals surface area contributed by atoms with E-state index in [9.17, 15) is 4.79 Å². The Morgan fingerprint density at radius 1 is 1.03 bits per heavy atom. The Morgan fingerprint density at radius 2 is 1.76 bits per heavy atom. The summed E-state index contributed by atoms with van der Waals surface area (Å²) >= 11 is 0. The Balaban J connectivity index is 1.26. The summed E-state index contributed by atoms with van der Waals surface area (Å²) in [6.07, 6.45) is 2.14. The van der Waals surface area contributed by atoms with E-state index in [1.807, 2.05) is 57.3 Å². The molecule has 3 heterocycles. The summed E-state index contributed by atoms with van der Waals surface area (Å²) in [6, 6.07) is 13.8. The first-order valence-electron chi connectivity index (χ1n) is 11.7. The fourth-order valence-electron chi connectivity index (χ4n) is 3.71. The van der Waals surface area contributed by atoms with E-state index in [2.05, 4.69) is 31.7 Å². The minimum atomic E-state index is -0.155. The molecule has 1 aliphatic heterocycles. The maximum Gasteiger partial charge on any atom is 0.230 e. The van der Waals surface area contributed by atoms with Gasteiger partial charge in [-0.25, -0.2) is 4.98 Å². The van der Waals surface area contributed by atoms with E-state index in [4.69, 9.17) is 9.26 Å². The number of benzene rings is 1. The van der Waals surface area contributed by atoms with E-state index in [0.717, 1.165) is 67.7 Å². The van der Waals surface area contributed by atoms with Gasteiger partial charge in [0.25, 0.3) is 0 Å². The highest BCUT2D eigenvalue weighted by molar-refractivity contribution is 5.91. The van der Waals surface area contributed by atoms with Gasteiger partial charge in [0.1, 0.15) is 11.6 Å². The molecule has 3 aromatic rings. The minimum absolute atomic E-state index is 0.129. The van der Waals surface area contributed by atoms with Crippen LogP contribution in [0.25, 0.3) is 11.1 Å². The van der Waals surface area contributed by atoms with E-state index in [1.54, 1.807) is 6.07 Å². The largest absolute Gasteiger partial charge is 0.379 e. The summed E-state index contributed by atoms with van der Waals surface area (Å²) in [5.41, 5.74) is 2.86. The Morgan fingerprint density at radius 3 is 2.41 bits per heavy atom. The molecule has 1 fully saturated rings. The average molecular weight is 464 g/mol. The van der Waals surface area contributed by atoms with Crippen molar-refractivity contribution >= 4 is 17.5 Å². The van der Waals surface area contributed by atoms with Gasteiger partial charge in [-0.15, -0.1) is 0 Å². The van der Waals surface area contributed by atoms with Crippen LogP contribution in [0.4, 0.5) is 11.6 Å². The molecule has 0 saturated carbocycles. The molecule has 1 aromatic carbocycles. The molecular formula is C26H33N5O3. The minimum Gasteiger partial charge on any atom is -0.379 e. The maximum atomic E-state index is 12.4. The molecule has 0 bridgehead atoms. The third-order valence-electron chi connectivity index (χ3n) is 5.77. The lowest BCUT2D eigenvalue weighted by Crippen LogP contribution is -2.39. The van der Waals surface area contributed by atoms with Crippen LogP contribution in [-0.2, 0) is 21.4 Å². The number of anilines is 2. The number of nitrogens with one attached hydrogen (secondary N) is 2. The molecule has 0 aliphatic carbocycles. The fraction of sp³-hybridized carbons (Fsp3) is 0.423. The standard InChI is InChI=1S/C26H33N5O3/c1-26(2,3)22-17-24(30-34-22)29-25(32)16-19-4-6-20(7-5-19)21-8-9-23(28-18-21)27-10-11-31-12-14-33-15-13-31/h4-9,17-18H,10-16H2,1-3H3,(H,27,28)(H,29,30,32). The van der Waals surface area contributed by atoms with Crippen molar-refractivity contribution < 1.29 is 14.1 Å². The van der Waals surface area contributed by atoms with Crippen LogP contribution in [0, 0.1) is 0 Å². The number of pyridine rings is 1. The van der Waals surface area contributed by atoms with Crippen LogP contribution in [0.2, 0.25) is 0 Å². The number of carbonyl (C=O) groups excluding carboxylic acids is 1. The van der Waals surface area contributed by atoms with Gasteiger partial charge in [0.05, 0.1) is 19.6 Å². The van der Waals surface area contributed by atoms with Gasteiger partial charge in [0.2, 0.25) is 5.91 Å². The molecule has 2 N–H and O–H groups in total. The van der Waals surface area contributed by atoms with Crippen molar-refractivity contribution in [2.75, 3.05) is 50.0 Å². The van der Waals surface area contributed by atoms with Crippen LogP contribution in [0.1, 0.15) is 32.1 Å². The number of ether oxygens (including phenoxy) is 1. The molecule has 180 valence electrons. The zero-order chi connectivity index (χ0) is 24.0. The van der Waals surface area contributed by atoms with Gasteiger partial charge >= 0.3 is 0 Å². The Kier molecular flexibility index (Phi) is 7.59. The van der Waals surface area contributed by atoms with Gasteiger partial charge in [-0.3, -0.25) is 9.69 Å². The van der Waals surface area contributed by atoms with Crippen molar-refractivity contribution in [3.05, 3.63) is 60.0 Å². The zero-order valence-corrected chi connectivity index (χ0v) is 20.1. The summed E-state index contributed by atoms with van der Waals surface area (Å²) in [4.78, 5) is 19.3. The van der Waals surface area contributed by atoms with Crippen molar-refractivity contribution in [3.63, 3.8) is 0 Å². The van der Waals surface area contributed by atoms with E-state index >= 15 is 0 Å². The van der Waals surface area contributed by atoms with Gasteiger partial charge in [-0.05, 0) is 23.3 Å². The van der Waals surface area contributed by atoms with E-state index in [1.165, 1.54) is 0 Å². The van der Waals surface area contributed by atoms with Crippen molar-refractivity contribution in [2.24, 2.45) is 0 Å². The second-order valence-electron chi connectivity index (χ2n) is 9.56. The lowest BCUT2D eigenvalue weighted by Gasteiger charge is -2.26. The highest BCUT2D eigenvalue weighted by Gasteiger charge is 2.20. The molecule has 2 aromatic heterocycles. The monoisotopic (exact) mass is 463 g/mol. The average Bonchev–Trinajstić information content (AvgIpc) is 3.30. The summed E-state index contributed by atoms with van der Waals surface area (Å²) < 4.78 is 10.7. The van der Waals surface area contributed by atoms with Gasteiger partial charge in [0, 0.05) is 49.4 Å². The molecule has 1 amide bonds. The normalized spacial score (nSPS) is 14.7. The van der Waals surface area contributed by atoms with Gasteiger partial charge < -0.3 is 19.9 Å². The predicted octanol–water partition coefficient (Wildman–Crippen LogP) is 3.96. The molecule has 0 spiro atoms. The summed E-state index contributed by atoms with van der Waals surface area (Å²) in [6.45, 7) is 11.6. The SMILES string of the molecule is CC(C)(C)c1cc(NC(=O)Cc2ccc(-c3ccc(NCCN4CCOCC4)nc3)cc2)no1. The van der Waals surface area contributed by atoms with Crippen molar-refractivity contribution in [3.8, 4) is 11.1 Å². The fourth-order valence-corrected chi connectivity index (χ4v) is 3.71. The third-order valence-corrected chi connectivity index (χ3v) is 5.77. The quantitative estimate of drug-likeness (QED) is 0.522. The molecule has 34 heavy (non-hydrogen) atoms. The maximum absolute atomic E-state index is 12.4. The van der Waals surface area contributed by atoms with E-state index in [-0.39, 0.29) is 17.7 Å². The molecule has 0 unspecified atom stereocenters.